The lowest BCUT2D eigenvalue weighted by molar-refractivity contribution is -0.132. The molecule has 1 aliphatic heterocycles. The largest absolute Gasteiger partial charge is 0.478 e. The number of allylic oxidation sites excluding steroid dienone is 1. The van der Waals surface area contributed by atoms with E-state index in [4.69, 9.17) is 9.84 Å². The van der Waals surface area contributed by atoms with Gasteiger partial charge in [0.25, 0.3) is 0 Å². The molecule has 0 atom stereocenters. The SMILES string of the molecule is C/C(C(=O)O)=C(\C)c1ccc2c(c1)C(C)(C)OC(=O)N2. The third-order valence-corrected chi connectivity index (χ3v) is 3.57. The Balaban J connectivity index is 2.55. The number of carbonyl (C=O) groups excluding carboxylic acids is 1. The molecular formula is C15H17NO4. The Bertz CT molecular complexity index is 629. The van der Waals surface area contributed by atoms with E-state index in [1.165, 1.54) is 0 Å². The third kappa shape index (κ3) is 2.39. The van der Waals surface area contributed by atoms with E-state index in [1.54, 1.807) is 39.8 Å². The Kier molecular flexibility index (Phi) is 3.29. The average Bonchev–Trinajstić information content (AvgIpc) is 2.35. The minimum absolute atomic E-state index is 0.295. The molecule has 0 fully saturated rings. The summed E-state index contributed by atoms with van der Waals surface area (Å²) < 4.78 is 5.26. The lowest BCUT2D eigenvalue weighted by Crippen LogP contribution is -2.34. The van der Waals surface area contributed by atoms with Crippen LogP contribution in [0.5, 0.6) is 0 Å². The summed E-state index contributed by atoms with van der Waals surface area (Å²) in [6.45, 7) is 6.94. The Morgan fingerprint density at radius 2 is 1.95 bits per heavy atom. The number of rotatable bonds is 2. The van der Waals surface area contributed by atoms with E-state index in [9.17, 15) is 9.59 Å². The number of carbonyl (C=O) groups is 2. The van der Waals surface area contributed by atoms with Crippen LogP contribution in [0.25, 0.3) is 5.57 Å². The summed E-state index contributed by atoms with van der Waals surface area (Å²) in [4.78, 5) is 22.5. The molecule has 1 amide bonds. The van der Waals surface area contributed by atoms with Crippen LogP contribution >= 0.6 is 0 Å². The first-order valence-electron chi connectivity index (χ1n) is 6.28. The van der Waals surface area contributed by atoms with Crippen LogP contribution in [0.2, 0.25) is 0 Å². The zero-order chi connectivity index (χ0) is 15.1. The summed E-state index contributed by atoms with van der Waals surface area (Å²) in [5, 5.41) is 11.7. The summed E-state index contributed by atoms with van der Waals surface area (Å²) >= 11 is 0. The first-order valence-corrected chi connectivity index (χ1v) is 6.28. The maximum absolute atomic E-state index is 11.4. The number of aliphatic carboxylic acids is 1. The summed E-state index contributed by atoms with van der Waals surface area (Å²) in [5.74, 6) is -0.941. The Morgan fingerprint density at radius 1 is 1.30 bits per heavy atom. The Labute approximate surface area is 117 Å². The number of hydrogen-bond acceptors (Lipinski definition) is 3. The normalized spacial score (nSPS) is 17.5. The van der Waals surface area contributed by atoms with Gasteiger partial charge in [0.1, 0.15) is 5.60 Å². The van der Waals surface area contributed by atoms with E-state index < -0.39 is 17.7 Å². The van der Waals surface area contributed by atoms with Gasteiger partial charge in [0.2, 0.25) is 0 Å². The molecule has 1 aromatic carbocycles. The predicted molar refractivity (Wildman–Crippen MR) is 75.5 cm³/mol. The molecule has 0 spiro atoms. The van der Waals surface area contributed by atoms with Crippen molar-refractivity contribution < 1.29 is 19.4 Å². The van der Waals surface area contributed by atoms with E-state index in [1.807, 2.05) is 6.07 Å². The second-order valence-electron chi connectivity index (χ2n) is 5.34. The van der Waals surface area contributed by atoms with Crippen LogP contribution in [0, 0.1) is 0 Å². The molecular weight excluding hydrogens is 258 g/mol. The van der Waals surface area contributed by atoms with Gasteiger partial charge in [0.15, 0.2) is 0 Å². The molecule has 5 heteroatoms. The highest BCUT2D eigenvalue weighted by atomic mass is 16.6. The van der Waals surface area contributed by atoms with Crippen LogP contribution in [-0.2, 0) is 15.1 Å². The minimum atomic E-state index is -0.941. The minimum Gasteiger partial charge on any atom is -0.478 e. The van der Waals surface area contributed by atoms with Crippen molar-refractivity contribution in [3.63, 3.8) is 0 Å². The summed E-state index contributed by atoms with van der Waals surface area (Å²) in [5.41, 5.74) is 2.56. The molecule has 0 saturated carbocycles. The first-order chi connectivity index (χ1) is 9.22. The van der Waals surface area contributed by atoms with Gasteiger partial charge in [-0.2, -0.15) is 0 Å². The standard InChI is InChI=1S/C15H17NO4/c1-8(9(2)13(17)18)10-5-6-12-11(7-10)15(3,4)20-14(19)16-12/h5-7H,1-4H3,(H,16,19)(H,17,18)/b9-8-. The van der Waals surface area contributed by atoms with Crippen molar-refractivity contribution in [2.75, 3.05) is 5.32 Å². The lowest BCUT2D eigenvalue weighted by Gasteiger charge is -2.32. The van der Waals surface area contributed by atoms with Crippen molar-refractivity contribution in [1.82, 2.24) is 0 Å². The zero-order valence-electron chi connectivity index (χ0n) is 11.9. The van der Waals surface area contributed by atoms with Gasteiger partial charge in [0.05, 0.1) is 5.69 Å². The predicted octanol–water partition coefficient (Wildman–Crippen LogP) is 3.36. The third-order valence-electron chi connectivity index (χ3n) is 3.57. The van der Waals surface area contributed by atoms with Gasteiger partial charge in [-0.1, -0.05) is 6.07 Å². The van der Waals surface area contributed by atoms with Crippen molar-refractivity contribution in [2.24, 2.45) is 0 Å². The topological polar surface area (TPSA) is 75.6 Å². The van der Waals surface area contributed by atoms with Crippen LogP contribution in [0.3, 0.4) is 0 Å². The number of hydrogen-bond donors (Lipinski definition) is 2. The van der Waals surface area contributed by atoms with Crippen molar-refractivity contribution in [2.45, 2.75) is 33.3 Å². The molecule has 0 bridgehead atoms. The van der Waals surface area contributed by atoms with Gasteiger partial charge in [-0.05, 0) is 51.0 Å². The van der Waals surface area contributed by atoms with Gasteiger partial charge in [-0.15, -0.1) is 0 Å². The fourth-order valence-corrected chi connectivity index (χ4v) is 2.18. The average molecular weight is 275 g/mol. The molecule has 0 aliphatic carbocycles. The molecule has 1 aliphatic rings. The van der Waals surface area contributed by atoms with E-state index in [0.717, 1.165) is 11.1 Å². The molecule has 1 heterocycles. The van der Waals surface area contributed by atoms with Crippen LogP contribution in [-0.4, -0.2) is 17.2 Å². The monoisotopic (exact) mass is 275 g/mol. The van der Waals surface area contributed by atoms with Crippen molar-refractivity contribution in [1.29, 1.82) is 0 Å². The lowest BCUT2D eigenvalue weighted by atomic mass is 9.90. The number of cyclic esters (lactones) is 1. The zero-order valence-corrected chi connectivity index (χ0v) is 11.9. The number of amides is 1. The van der Waals surface area contributed by atoms with Crippen molar-refractivity contribution in [3.05, 3.63) is 34.9 Å². The van der Waals surface area contributed by atoms with Crippen LogP contribution < -0.4 is 5.32 Å². The fourth-order valence-electron chi connectivity index (χ4n) is 2.18. The smallest absolute Gasteiger partial charge is 0.412 e. The van der Waals surface area contributed by atoms with Crippen LogP contribution in [0.15, 0.2) is 23.8 Å². The van der Waals surface area contributed by atoms with Gasteiger partial charge in [-0.3, -0.25) is 5.32 Å². The first kappa shape index (κ1) is 14.1. The second-order valence-corrected chi connectivity index (χ2v) is 5.34. The molecule has 5 nitrogen and oxygen atoms in total. The van der Waals surface area contributed by atoms with Crippen molar-refractivity contribution in [3.8, 4) is 0 Å². The number of ether oxygens (including phenoxy) is 1. The maximum Gasteiger partial charge on any atom is 0.412 e. The second kappa shape index (κ2) is 4.67. The maximum atomic E-state index is 11.4. The molecule has 2 rings (SSSR count). The van der Waals surface area contributed by atoms with Gasteiger partial charge < -0.3 is 9.84 Å². The number of carboxylic acid groups (broad SMARTS) is 1. The van der Waals surface area contributed by atoms with Crippen molar-refractivity contribution >= 4 is 23.3 Å². The number of anilines is 1. The highest BCUT2D eigenvalue weighted by Gasteiger charge is 2.33. The van der Waals surface area contributed by atoms with Gasteiger partial charge in [0, 0.05) is 11.1 Å². The molecule has 1 aromatic rings. The number of carboxylic acids is 1. The molecule has 0 unspecified atom stereocenters. The number of nitrogens with one attached hydrogen (secondary N) is 1. The quantitative estimate of drug-likeness (QED) is 0.811. The summed E-state index contributed by atoms with van der Waals surface area (Å²) in [6.07, 6.45) is -0.482. The Morgan fingerprint density at radius 3 is 2.55 bits per heavy atom. The molecule has 0 radical (unpaired) electrons. The summed E-state index contributed by atoms with van der Waals surface area (Å²) in [7, 11) is 0. The highest BCUT2D eigenvalue weighted by Crippen LogP contribution is 2.37. The number of fused-ring (bicyclic) bond motifs is 1. The molecule has 20 heavy (non-hydrogen) atoms. The number of benzene rings is 1. The van der Waals surface area contributed by atoms with E-state index >= 15 is 0 Å². The van der Waals surface area contributed by atoms with E-state index in [2.05, 4.69) is 5.32 Å². The van der Waals surface area contributed by atoms with E-state index in [-0.39, 0.29) is 0 Å². The highest BCUT2D eigenvalue weighted by molar-refractivity contribution is 5.96. The fraction of sp³-hybridized carbons (Fsp3) is 0.333. The van der Waals surface area contributed by atoms with Crippen LogP contribution in [0.1, 0.15) is 38.8 Å². The molecule has 0 aromatic heterocycles. The summed E-state index contributed by atoms with van der Waals surface area (Å²) in [6, 6.07) is 5.42. The van der Waals surface area contributed by atoms with Gasteiger partial charge in [-0.25, -0.2) is 9.59 Å². The van der Waals surface area contributed by atoms with E-state index in [0.29, 0.717) is 16.8 Å². The molecule has 2 N–H and O–H groups in total. The molecule has 106 valence electrons. The van der Waals surface area contributed by atoms with Gasteiger partial charge >= 0.3 is 12.1 Å². The van der Waals surface area contributed by atoms with Crippen LogP contribution in [0.4, 0.5) is 10.5 Å². The molecule has 0 saturated heterocycles. The Hall–Kier alpha value is -2.30.